The summed E-state index contributed by atoms with van der Waals surface area (Å²) in [6.07, 6.45) is 6.41. The molecule has 0 aliphatic carbocycles. The van der Waals surface area contributed by atoms with Gasteiger partial charge in [0.15, 0.2) is 0 Å². The first-order valence-corrected chi connectivity index (χ1v) is 9.68. The number of carbonyl (C=O) groups is 1. The molecule has 26 heavy (non-hydrogen) atoms. The van der Waals surface area contributed by atoms with Gasteiger partial charge in [0, 0.05) is 25.8 Å². The summed E-state index contributed by atoms with van der Waals surface area (Å²) in [7, 11) is 0. The number of carbonyl (C=O) groups excluding carboxylic acids is 1. The van der Waals surface area contributed by atoms with E-state index in [0.29, 0.717) is 6.42 Å². The molecule has 1 fully saturated rings. The average Bonchev–Trinajstić information content (AvgIpc) is 3.07. The number of likely N-dealkylation sites (tertiary alicyclic amines) is 1. The van der Waals surface area contributed by atoms with Gasteiger partial charge >= 0.3 is 0 Å². The van der Waals surface area contributed by atoms with Gasteiger partial charge in [-0.2, -0.15) is 5.10 Å². The van der Waals surface area contributed by atoms with Gasteiger partial charge in [-0.1, -0.05) is 32.0 Å². The van der Waals surface area contributed by atoms with Crippen LogP contribution in [0.4, 0.5) is 0 Å². The lowest BCUT2D eigenvalue weighted by atomic mass is 9.92. The summed E-state index contributed by atoms with van der Waals surface area (Å²) in [5, 5.41) is 7.38. The molecular weight excluding hydrogens is 324 g/mol. The molecule has 2 heterocycles. The minimum Gasteiger partial charge on any atom is -0.356 e. The van der Waals surface area contributed by atoms with Crippen LogP contribution in [0.5, 0.6) is 0 Å². The van der Waals surface area contributed by atoms with Crippen LogP contribution in [0, 0.1) is 11.8 Å². The van der Waals surface area contributed by atoms with Gasteiger partial charge in [0.2, 0.25) is 5.91 Å². The maximum absolute atomic E-state index is 12.2. The van der Waals surface area contributed by atoms with Crippen LogP contribution in [0.1, 0.15) is 32.3 Å². The number of hydrogen-bond acceptors (Lipinski definition) is 3. The van der Waals surface area contributed by atoms with Crippen molar-refractivity contribution >= 4 is 5.91 Å². The Morgan fingerprint density at radius 2 is 1.92 bits per heavy atom. The molecule has 1 aliphatic heterocycles. The highest BCUT2D eigenvalue weighted by Crippen LogP contribution is 2.20. The van der Waals surface area contributed by atoms with Crippen LogP contribution in [0.15, 0.2) is 42.7 Å². The third kappa shape index (κ3) is 5.43. The number of amides is 1. The number of rotatable bonds is 7. The Bertz CT molecular complexity index is 687. The smallest absolute Gasteiger partial charge is 0.224 e. The number of aromatic nitrogens is 2. The monoisotopic (exact) mass is 354 g/mol. The van der Waals surface area contributed by atoms with Crippen LogP contribution in [-0.2, 0) is 11.2 Å². The molecule has 1 aliphatic rings. The first-order valence-electron chi connectivity index (χ1n) is 9.68. The van der Waals surface area contributed by atoms with Gasteiger partial charge in [-0.15, -0.1) is 0 Å². The van der Waals surface area contributed by atoms with Crippen LogP contribution < -0.4 is 5.32 Å². The second-order valence-corrected chi connectivity index (χ2v) is 7.71. The fourth-order valence-corrected chi connectivity index (χ4v) is 3.93. The van der Waals surface area contributed by atoms with Gasteiger partial charge in [-0.3, -0.25) is 4.79 Å². The Hall–Kier alpha value is -2.14. The Morgan fingerprint density at radius 1 is 1.19 bits per heavy atom. The molecule has 0 bridgehead atoms. The minimum atomic E-state index is 0.0676. The van der Waals surface area contributed by atoms with E-state index in [0.717, 1.165) is 42.6 Å². The summed E-state index contributed by atoms with van der Waals surface area (Å²) in [6.45, 7) is 8.86. The third-order valence-corrected chi connectivity index (χ3v) is 4.94. The normalized spacial score (nSPS) is 20.8. The number of benzene rings is 1. The van der Waals surface area contributed by atoms with Gasteiger partial charge < -0.3 is 10.2 Å². The molecule has 5 heteroatoms. The van der Waals surface area contributed by atoms with E-state index < -0.39 is 0 Å². The van der Waals surface area contributed by atoms with E-state index in [1.807, 2.05) is 36.5 Å². The van der Waals surface area contributed by atoms with E-state index in [1.165, 1.54) is 19.5 Å². The molecular formula is C21H30N4O. The number of nitrogens with zero attached hydrogens (tertiary/aromatic N) is 3. The van der Waals surface area contributed by atoms with E-state index in [-0.39, 0.29) is 5.91 Å². The van der Waals surface area contributed by atoms with Crippen molar-refractivity contribution in [3.63, 3.8) is 0 Å². The van der Waals surface area contributed by atoms with Crippen molar-refractivity contribution in [2.24, 2.45) is 11.8 Å². The molecule has 2 aromatic rings. The Kier molecular flexibility index (Phi) is 6.45. The Labute approximate surface area is 156 Å². The first-order chi connectivity index (χ1) is 12.6. The van der Waals surface area contributed by atoms with Crippen molar-refractivity contribution in [3.8, 4) is 5.69 Å². The fraction of sp³-hybridized carbons (Fsp3) is 0.524. The fourth-order valence-electron chi connectivity index (χ4n) is 3.93. The largest absolute Gasteiger partial charge is 0.356 e. The molecule has 0 spiro atoms. The van der Waals surface area contributed by atoms with Crippen molar-refractivity contribution in [3.05, 3.63) is 48.3 Å². The van der Waals surface area contributed by atoms with Gasteiger partial charge in [-0.25, -0.2) is 4.68 Å². The van der Waals surface area contributed by atoms with Crippen molar-refractivity contribution in [2.45, 2.75) is 33.1 Å². The number of para-hydroxylation sites is 1. The molecule has 1 amide bonds. The molecule has 1 N–H and O–H groups in total. The second kappa shape index (κ2) is 8.99. The summed E-state index contributed by atoms with van der Waals surface area (Å²) in [6, 6.07) is 9.94. The number of nitrogens with one attached hydrogen (secondary N) is 1. The molecule has 5 nitrogen and oxygen atoms in total. The zero-order valence-electron chi connectivity index (χ0n) is 15.9. The Morgan fingerprint density at radius 3 is 2.65 bits per heavy atom. The third-order valence-electron chi connectivity index (χ3n) is 4.94. The van der Waals surface area contributed by atoms with E-state index in [1.54, 1.807) is 10.9 Å². The molecule has 1 aromatic heterocycles. The predicted octanol–water partition coefficient (Wildman–Crippen LogP) is 2.90. The van der Waals surface area contributed by atoms with Crippen molar-refractivity contribution in [1.29, 1.82) is 0 Å². The van der Waals surface area contributed by atoms with Crippen LogP contribution in [0.2, 0.25) is 0 Å². The summed E-state index contributed by atoms with van der Waals surface area (Å²) in [5.41, 5.74) is 1.94. The highest BCUT2D eigenvalue weighted by atomic mass is 16.1. The van der Waals surface area contributed by atoms with Crippen LogP contribution >= 0.6 is 0 Å². The van der Waals surface area contributed by atoms with Gasteiger partial charge in [0.25, 0.3) is 0 Å². The summed E-state index contributed by atoms with van der Waals surface area (Å²) in [5.74, 6) is 1.64. The highest BCUT2D eigenvalue weighted by Gasteiger charge is 2.21. The van der Waals surface area contributed by atoms with Gasteiger partial charge in [0.05, 0.1) is 18.3 Å². The van der Waals surface area contributed by atoms with Gasteiger partial charge in [-0.05, 0) is 48.9 Å². The molecule has 1 saturated heterocycles. The average molecular weight is 354 g/mol. The zero-order valence-corrected chi connectivity index (χ0v) is 15.9. The van der Waals surface area contributed by atoms with E-state index in [4.69, 9.17) is 0 Å². The van der Waals surface area contributed by atoms with Crippen molar-refractivity contribution < 1.29 is 4.79 Å². The lowest BCUT2D eigenvalue weighted by Gasteiger charge is -2.34. The molecule has 0 saturated carbocycles. The first kappa shape index (κ1) is 18.6. The van der Waals surface area contributed by atoms with Crippen molar-refractivity contribution in [1.82, 2.24) is 20.0 Å². The highest BCUT2D eigenvalue weighted by molar-refractivity contribution is 5.78. The maximum atomic E-state index is 12.2. The molecule has 140 valence electrons. The number of hydrogen-bond donors (Lipinski definition) is 1. The lowest BCUT2D eigenvalue weighted by molar-refractivity contribution is -0.120. The predicted molar refractivity (Wildman–Crippen MR) is 104 cm³/mol. The van der Waals surface area contributed by atoms with E-state index in [9.17, 15) is 4.79 Å². The summed E-state index contributed by atoms with van der Waals surface area (Å²) in [4.78, 5) is 14.7. The molecule has 1 aromatic carbocycles. The molecule has 0 radical (unpaired) electrons. The number of piperidine rings is 1. The van der Waals surface area contributed by atoms with Crippen LogP contribution in [-0.4, -0.2) is 46.8 Å². The van der Waals surface area contributed by atoms with Crippen molar-refractivity contribution in [2.75, 3.05) is 26.2 Å². The minimum absolute atomic E-state index is 0.0676. The van der Waals surface area contributed by atoms with Gasteiger partial charge in [0.1, 0.15) is 0 Å². The zero-order chi connectivity index (χ0) is 18.4. The second-order valence-electron chi connectivity index (χ2n) is 7.71. The summed E-state index contributed by atoms with van der Waals surface area (Å²) >= 11 is 0. The lowest BCUT2D eigenvalue weighted by Crippen LogP contribution is -2.40. The SMILES string of the molecule is CC1CC(C)CN(CCCNC(=O)Cc2cnn(-c3ccccc3)c2)C1. The summed E-state index contributed by atoms with van der Waals surface area (Å²) < 4.78 is 1.81. The van der Waals surface area contributed by atoms with E-state index >= 15 is 0 Å². The topological polar surface area (TPSA) is 50.2 Å². The molecule has 2 unspecified atom stereocenters. The quantitative estimate of drug-likeness (QED) is 0.778. The molecule has 2 atom stereocenters. The van der Waals surface area contributed by atoms with E-state index in [2.05, 4.69) is 29.2 Å². The van der Waals surface area contributed by atoms with Crippen LogP contribution in [0.3, 0.4) is 0 Å². The Balaban J connectivity index is 1.37. The maximum Gasteiger partial charge on any atom is 0.224 e. The standard InChI is InChI=1S/C21H30N4O/c1-17-11-18(2)15-24(14-17)10-6-9-22-21(26)12-19-13-23-25(16-19)20-7-4-3-5-8-20/h3-5,7-8,13,16-18H,6,9-12,14-15H2,1-2H3,(H,22,26). The molecule has 3 rings (SSSR count). The van der Waals surface area contributed by atoms with Crippen LogP contribution in [0.25, 0.3) is 5.69 Å².